The molecule has 2 aromatic heterocycles. The zero-order valence-corrected chi connectivity index (χ0v) is 9.49. The number of carbonyl (C=O) groups is 1. The summed E-state index contributed by atoms with van der Waals surface area (Å²) in [6.07, 6.45) is 3.70. The van der Waals surface area contributed by atoms with Crippen LogP contribution in [0.1, 0.15) is 10.4 Å². The maximum atomic E-state index is 13.2. The summed E-state index contributed by atoms with van der Waals surface area (Å²) in [5, 5.41) is 2.41. The fourth-order valence-corrected chi connectivity index (χ4v) is 1.44. The number of carbonyl (C=O) groups excluding carboxylic acids is 1. The highest BCUT2D eigenvalue weighted by molar-refractivity contribution is 9.10. The number of anilines is 1. The second kappa shape index (κ2) is 4.44. The molecule has 0 aliphatic rings. The molecular weight excluding hydrogens is 279 g/mol. The van der Waals surface area contributed by atoms with Gasteiger partial charge in [-0.1, -0.05) is 0 Å². The molecule has 0 bridgehead atoms. The molecule has 2 heterocycles. The van der Waals surface area contributed by atoms with Crippen LogP contribution in [-0.2, 0) is 0 Å². The molecule has 82 valence electrons. The third-order valence-electron chi connectivity index (χ3n) is 1.85. The highest BCUT2D eigenvalue weighted by Gasteiger charge is 2.11. The number of rotatable bonds is 2. The predicted octanol–water partition coefficient (Wildman–Crippen LogP) is 2.83. The predicted molar refractivity (Wildman–Crippen MR) is 58.6 cm³/mol. The number of nitrogens with one attached hydrogen (secondary N) is 1. The molecule has 16 heavy (non-hydrogen) atoms. The number of nitrogens with zero attached hydrogens (tertiary/aromatic N) is 1. The van der Waals surface area contributed by atoms with Gasteiger partial charge in [-0.25, -0.2) is 4.39 Å². The first-order valence-electron chi connectivity index (χ1n) is 4.32. The summed E-state index contributed by atoms with van der Waals surface area (Å²) < 4.78 is 18.5. The number of aromatic nitrogens is 1. The van der Waals surface area contributed by atoms with E-state index < -0.39 is 11.7 Å². The van der Waals surface area contributed by atoms with E-state index in [1.54, 1.807) is 0 Å². The number of furan rings is 1. The molecular formula is C10H6BrFN2O2. The average molecular weight is 285 g/mol. The van der Waals surface area contributed by atoms with Gasteiger partial charge < -0.3 is 9.73 Å². The van der Waals surface area contributed by atoms with E-state index in [-0.39, 0.29) is 5.69 Å². The summed E-state index contributed by atoms with van der Waals surface area (Å²) in [7, 11) is 0. The third-order valence-corrected chi connectivity index (χ3v) is 2.27. The summed E-state index contributed by atoms with van der Waals surface area (Å²) in [4.78, 5) is 15.2. The van der Waals surface area contributed by atoms with Gasteiger partial charge in [0, 0.05) is 12.3 Å². The number of pyridine rings is 1. The van der Waals surface area contributed by atoms with E-state index in [9.17, 15) is 9.18 Å². The molecule has 0 aliphatic heterocycles. The Kier molecular flexibility index (Phi) is 3.00. The van der Waals surface area contributed by atoms with E-state index in [4.69, 9.17) is 4.42 Å². The molecule has 0 atom stereocenters. The van der Waals surface area contributed by atoms with Crippen LogP contribution in [0.15, 0.2) is 39.9 Å². The first-order chi connectivity index (χ1) is 7.66. The van der Waals surface area contributed by atoms with Crippen molar-refractivity contribution in [2.45, 2.75) is 0 Å². The van der Waals surface area contributed by atoms with E-state index in [1.165, 1.54) is 24.6 Å². The van der Waals surface area contributed by atoms with E-state index in [1.807, 2.05) is 0 Å². The van der Waals surface area contributed by atoms with Crippen LogP contribution in [0.3, 0.4) is 0 Å². The van der Waals surface area contributed by atoms with Gasteiger partial charge in [-0.15, -0.1) is 0 Å². The Balaban J connectivity index is 2.17. The largest absolute Gasteiger partial charge is 0.457 e. The zero-order chi connectivity index (χ0) is 11.5. The van der Waals surface area contributed by atoms with E-state index in [0.29, 0.717) is 10.2 Å². The van der Waals surface area contributed by atoms with Crippen molar-refractivity contribution in [3.63, 3.8) is 0 Å². The van der Waals surface area contributed by atoms with Crippen molar-refractivity contribution in [3.05, 3.63) is 46.8 Å². The van der Waals surface area contributed by atoms with Crippen LogP contribution in [0.25, 0.3) is 0 Å². The highest BCUT2D eigenvalue weighted by Crippen LogP contribution is 2.17. The smallest absolute Gasteiger partial charge is 0.259 e. The van der Waals surface area contributed by atoms with Crippen LogP contribution in [0.4, 0.5) is 10.1 Å². The maximum Gasteiger partial charge on any atom is 0.259 e. The van der Waals surface area contributed by atoms with Gasteiger partial charge >= 0.3 is 0 Å². The number of hydrogen-bond acceptors (Lipinski definition) is 3. The van der Waals surface area contributed by atoms with Crippen molar-refractivity contribution in [2.24, 2.45) is 0 Å². The lowest BCUT2D eigenvalue weighted by molar-refractivity contribution is 0.102. The van der Waals surface area contributed by atoms with Gasteiger partial charge in [0.15, 0.2) is 10.5 Å². The first kappa shape index (κ1) is 10.8. The minimum atomic E-state index is -0.585. The summed E-state index contributed by atoms with van der Waals surface area (Å²) in [5.74, 6) is -1.03. The van der Waals surface area contributed by atoms with Crippen molar-refractivity contribution >= 4 is 27.5 Å². The standard InChI is InChI=1S/C10H6BrFN2O2/c11-9-3-6(5-16-9)10(15)14-8-1-2-13-4-7(8)12/h1-5H,(H,13,14,15). The van der Waals surface area contributed by atoms with Gasteiger partial charge in [0.05, 0.1) is 17.4 Å². The van der Waals surface area contributed by atoms with E-state index in [2.05, 4.69) is 26.2 Å². The SMILES string of the molecule is O=C(Nc1ccncc1F)c1coc(Br)c1. The minimum Gasteiger partial charge on any atom is -0.457 e. The highest BCUT2D eigenvalue weighted by atomic mass is 79.9. The van der Waals surface area contributed by atoms with E-state index >= 15 is 0 Å². The monoisotopic (exact) mass is 284 g/mol. The molecule has 2 aromatic rings. The molecule has 6 heteroatoms. The van der Waals surface area contributed by atoms with Crippen molar-refractivity contribution in [1.82, 2.24) is 4.98 Å². The Morgan fingerprint density at radius 1 is 1.56 bits per heavy atom. The van der Waals surface area contributed by atoms with Crippen LogP contribution in [-0.4, -0.2) is 10.9 Å². The fraction of sp³-hybridized carbons (Fsp3) is 0. The number of hydrogen-bond donors (Lipinski definition) is 1. The molecule has 0 fully saturated rings. The lowest BCUT2D eigenvalue weighted by Crippen LogP contribution is -2.12. The lowest BCUT2D eigenvalue weighted by Gasteiger charge is -2.03. The quantitative estimate of drug-likeness (QED) is 0.923. The molecule has 4 nitrogen and oxygen atoms in total. The van der Waals surface area contributed by atoms with Crippen molar-refractivity contribution < 1.29 is 13.6 Å². The number of halogens is 2. The van der Waals surface area contributed by atoms with Crippen molar-refractivity contribution in [1.29, 1.82) is 0 Å². The molecule has 0 saturated carbocycles. The summed E-state index contributed by atoms with van der Waals surface area (Å²) in [6.45, 7) is 0. The van der Waals surface area contributed by atoms with Gasteiger partial charge in [-0.05, 0) is 22.0 Å². The molecule has 1 N–H and O–H groups in total. The minimum absolute atomic E-state index is 0.0809. The van der Waals surface area contributed by atoms with E-state index in [0.717, 1.165) is 6.20 Å². The Hall–Kier alpha value is -1.69. The summed E-state index contributed by atoms with van der Waals surface area (Å²) in [5.41, 5.74) is 0.389. The van der Waals surface area contributed by atoms with Crippen LogP contribution in [0.2, 0.25) is 0 Å². The fourth-order valence-electron chi connectivity index (χ4n) is 1.10. The molecule has 0 saturated heterocycles. The van der Waals surface area contributed by atoms with Crippen LogP contribution in [0.5, 0.6) is 0 Å². The topological polar surface area (TPSA) is 55.1 Å². The second-order valence-electron chi connectivity index (χ2n) is 2.95. The van der Waals surface area contributed by atoms with Crippen LogP contribution in [0, 0.1) is 5.82 Å². The average Bonchev–Trinajstić information content (AvgIpc) is 2.68. The summed E-state index contributed by atoms with van der Waals surface area (Å²) in [6, 6.07) is 2.87. The molecule has 0 aromatic carbocycles. The molecule has 0 spiro atoms. The molecule has 1 amide bonds. The van der Waals surface area contributed by atoms with Gasteiger partial charge in [-0.3, -0.25) is 9.78 Å². The van der Waals surface area contributed by atoms with Crippen LogP contribution >= 0.6 is 15.9 Å². The first-order valence-corrected chi connectivity index (χ1v) is 5.11. The van der Waals surface area contributed by atoms with Gasteiger partial charge in [0.2, 0.25) is 0 Å². The molecule has 0 unspecified atom stereocenters. The zero-order valence-electron chi connectivity index (χ0n) is 7.91. The second-order valence-corrected chi connectivity index (χ2v) is 3.73. The molecule has 0 aliphatic carbocycles. The number of amides is 1. The molecule has 2 rings (SSSR count). The maximum absolute atomic E-state index is 13.2. The lowest BCUT2D eigenvalue weighted by atomic mass is 10.3. The Bertz CT molecular complexity index is 527. The van der Waals surface area contributed by atoms with Gasteiger partial charge in [0.1, 0.15) is 6.26 Å². The van der Waals surface area contributed by atoms with Crippen molar-refractivity contribution in [3.8, 4) is 0 Å². The molecule has 0 radical (unpaired) electrons. The van der Waals surface area contributed by atoms with Crippen LogP contribution < -0.4 is 5.32 Å². The Morgan fingerprint density at radius 2 is 2.38 bits per heavy atom. The Morgan fingerprint density at radius 3 is 3.00 bits per heavy atom. The Labute approximate surface area is 98.6 Å². The van der Waals surface area contributed by atoms with Crippen molar-refractivity contribution in [2.75, 3.05) is 5.32 Å². The third kappa shape index (κ3) is 2.27. The summed E-state index contributed by atoms with van der Waals surface area (Å²) >= 11 is 3.07. The normalized spacial score (nSPS) is 10.1. The van der Waals surface area contributed by atoms with Gasteiger partial charge in [0.25, 0.3) is 5.91 Å². The van der Waals surface area contributed by atoms with Gasteiger partial charge in [-0.2, -0.15) is 0 Å².